The molecule has 0 saturated heterocycles. The van der Waals surface area contributed by atoms with Crippen LogP contribution in [-0.4, -0.2) is 0 Å². The predicted molar refractivity (Wildman–Crippen MR) is 69.9 cm³/mol. The van der Waals surface area contributed by atoms with Crippen LogP contribution in [0.2, 0.25) is 5.02 Å². The SMILES string of the molecule is N#Cc1ccc(CNc2cc(F)cc(F)c2)c(Cl)c1. The van der Waals surface area contributed by atoms with Crippen molar-refractivity contribution < 1.29 is 8.78 Å². The molecule has 2 aromatic rings. The number of hydrogen-bond donors (Lipinski definition) is 1. The van der Waals surface area contributed by atoms with Crippen molar-refractivity contribution in [2.24, 2.45) is 0 Å². The zero-order valence-corrected chi connectivity index (χ0v) is 10.5. The molecule has 0 atom stereocenters. The van der Waals surface area contributed by atoms with Crippen LogP contribution in [0, 0.1) is 23.0 Å². The first-order chi connectivity index (χ1) is 9.08. The Balaban J connectivity index is 2.12. The van der Waals surface area contributed by atoms with Gasteiger partial charge in [-0.2, -0.15) is 5.26 Å². The van der Waals surface area contributed by atoms with E-state index in [1.165, 1.54) is 12.1 Å². The quantitative estimate of drug-likeness (QED) is 0.917. The topological polar surface area (TPSA) is 35.8 Å². The van der Waals surface area contributed by atoms with Gasteiger partial charge in [-0.25, -0.2) is 8.78 Å². The second-order valence-electron chi connectivity index (χ2n) is 3.93. The van der Waals surface area contributed by atoms with Gasteiger partial charge in [0.05, 0.1) is 11.6 Å². The first kappa shape index (κ1) is 13.3. The van der Waals surface area contributed by atoms with E-state index in [9.17, 15) is 8.78 Å². The molecule has 19 heavy (non-hydrogen) atoms. The lowest BCUT2D eigenvalue weighted by Gasteiger charge is -2.08. The third-order valence-electron chi connectivity index (χ3n) is 2.53. The molecule has 0 amide bonds. The van der Waals surface area contributed by atoms with Gasteiger partial charge in [-0.1, -0.05) is 17.7 Å². The zero-order chi connectivity index (χ0) is 13.8. The van der Waals surface area contributed by atoms with E-state index in [1.54, 1.807) is 18.2 Å². The van der Waals surface area contributed by atoms with Crippen molar-refractivity contribution in [2.75, 3.05) is 5.32 Å². The second-order valence-corrected chi connectivity index (χ2v) is 4.34. The summed E-state index contributed by atoms with van der Waals surface area (Å²) in [5.74, 6) is -1.29. The largest absolute Gasteiger partial charge is 0.381 e. The molecule has 1 N–H and O–H groups in total. The van der Waals surface area contributed by atoms with Gasteiger partial charge in [0.1, 0.15) is 11.6 Å². The maximum absolute atomic E-state index is 13.0. The monoisotopic (exact) mass is 278 g/mol. The molecule has 0 saturated carbocycles. The lowest BCUT2D eigenvalue weighted by molar-refractivity contribution is 0.584. The number of anilines is 1. The third-order valence-corrected chi connectivity index (χ3v) is 2.88. The summed E-state index contributed by atoms with van der Waals surface area (Å²) in [5.41, 5.74) is 1.54. The highest BCUT2D eigenvalue weighted by Crippen LogP contribution is 2.20. The van der Waals surface area contributed by atoms with Crippen molar-refractivity contribution in [3.05, 3.63) is 64.2 Å². The Morgan fingerprint density at radius 1 is 1.11 bits per heavy atom. The van der Waals surface area contributed by atoms with Crippen molar-refractivity contribution in [3.63, 3.8) is 0 Å². The van der Waals surface area contributed by atoms with E-state index in [1.807, 2.05) is 6.07 Å². The van der Waals surface area contributed by atoms with Crippen LogP contribution in [-0.2, 0) is 6.54 Å². The Morgan fingerprint density at radius 3 is 2.37 bits per heavy atom. The van der Waals surface area contributed by atoms with Gasteiger partial charge in [-0.3, -0.25) is 0 Å². The van der Waals surface area contributed by atoms with Crippen molar-refractivity contribution in [1.29, 1.82) is 5.26 Å². The van der Waals surface area contributed by atoms with Crippen LogP contribution < -0.4 is 5.32 Å². The fourth-order valence-electron chi connectivity index (χ4n) is 1.61. The molecule has 0 fully saturated rings. The van der Waals surface area contributed by atoms with Crippen LogP contribution in [0.1, 0.15) is 11.1 Å². The Hall–Kier alpha value is -2.12. The van der Waals surface area contributed by atoms with Crippen molar-refractivity contribution in [3.8, 4) is 6.07 Å². The first-order valence-corrected chi connectivity index (χ1v) is 5.85. The van der Waals surface area contributed by atoms with E-state index in [0.717, 1.165) is 11.6 Å². The summed E-state index contributed by atoms with van der Waals surface area (Å²) in [6.07, 6.45) is 0. The summed E-state index contributed by atoms with van der Waals surface area (Å²) in [5, 5.41) is 12.0. The molecule has 2 nitrogen and oxygen atoms in total. The lowest BCUT2D eigenvalue weighted by Crippen LogP contribution is -2.01. The molecular formula is C14H9ClF2N2. The highest BCUT2D eigenvalue weighted by molar-refractivity contribution is 6.31. The van der Waals surface area contributed by atoms with Gasteiger partial charge in [0, 0.05) is 23.3 Å². The van der Waals surface area contributed by atoms with E-state index in [2.05, 4.69) is 5.32 Å². The summed E-state index contributed by atoms with van der Waals surface area (Å²) in [6.45, 7) is 0.313. The van der Waals surface area contributed by atoms with Gasteiger partial charge in [0.2, 0.25) is 0 Å². The van der Waals surface area contributed by atoms with Crippen LogP contribution in [0.15, 0.2) is 36.4 Å². The van der Waals surface area contributed by atoms with Crippen LogP contribution in [0.25, 0.3) is 0 Å². The fourth-order valence-corrected chi connectivity index (χ4v) is 1.86. The van der Waals surface area contributed by atoms with Crippen LogP contribution in [0.5, 0.6) is 0 Å². The number of rotatable bonds is 3. The Morgan fingerprint density at radius 2 is 1.79 bits per heavy atom. The van der Waals surface area contributed by atoms with Gasteiger partial charge in [0.25, 0.3) is 0 Å². The second kappa shape index (κ2) is 5.68. The number of halogens is 3. The van der Waals surface area contributed by atoms with Crippen molar-refractivity contribution in [2.45, 2.75) is 6.54 Å². The van der Waals surface area contributed by atoms with E-state index in [-0.39, 0.29) is 0 Å². The molecule has 0 heterocycles. The van der Waals surface area contributed by atoms with Gasteiger partial charge in [-0.15, -0.1) is 0 Å². The molecule has 2 aromatic carbocycles. The average Bonchev–Trinajstić information content (AvgIpc) is 2.36. The highest BCUT2D eigenvalue weighted by Gasteiger charge is 2.04. The van der Waals surface area contributed by atoms with E-state index in [4.69, 9.17) is 16.9 Å². The van der Waals surface area contributed by atoms with Crippen molar-refractivity contribution >= 4 is 17.3 Å². The Bertz CT molecular complexity index is 630. The molecule has 0 unspecified atom stereocenters. The smallest absolute Gasteiger partial charge is 0.128 e. The summed E-state index contributed by atoms with van der Waals surface area (Å²) >= 11 is 6.00. The van der Waals surface area contributed by atoms with E-state index < -0.39 is 11.6 Å². The molecule has 96 valence electrons. The van der Waals surface area contributed by atoms with Crippen molar-refractivity contribution in [1.82, 2.24) is 0 Å². The third kappa shape index (κ3) is 3.43. The van der Waals surface area contributed by atoms with Gasteiger partial charge >= 0.3 is 0 Å². The standard InChI is InChI=1S/C14H9ClF2N2/c15-14-3-9(7-18)1-2-10(14)8-19-13-5-11(16)4-12(17)6-13/h1-6,19H,8H2. The molecule has 0 spiro atoms. The Kier molecular flexibility index (Phi) is 3.98. The van der Waals surface area contributed by atoms with E-state index >= 15 is 0 Å². The highest BCUT2D eigenvalue weighted by atomic mass is 35.5. The summed E-state index contributed by atoms with van der Waals surface area (Å²) in [7, 11) is 0. The van der Waals surface area contributed by atoms with Crippen LogP contribution >= 0.6 is 11.6 Å². The molecule has 0 aliphatic carbocycles. The molecule has 5 heteroatoms. The maximum atomic E-state index is 13.0. The minimum Gasteiger partial charge on any atom is -0.381 e. The normalized spacial score (nSPS) is 10.0. The summed E-state index contributed by atoms with van der Waals surface area (Å²) < 4.78 is 26.0. The minimum absolute atomic E-state index is 0.313. The molecule has 0 bridgehead atoms. The number of benzene rings is 2. The molecular weight excluding hydrogens is 270 g/mol. The van der Waals surface area contributed by atoms with E-state index in [0.29, 0.717) is 22.8 Å². The molecule has 0 radical (unpaired) electrons. The zero-order valence-electron chi connectivity index (χ0n) is 9.75. The summed E-state index contributed by atoms with van der Waals surface area (Å²) in [4.78, 5) is 0. The lowest BCUT2D eigenvalue weighted by atomic mass is 10.1. The first-order valence-electron chi connectivity index (χ1n) is 5.47. The van der Waals surface area contributed by atoms with Crippen LogP contribution in [0.3, 0.4) is 0 Å². The minimum atomic E-state index is -0.645. The molecule has 0 aliphatic rings. The van der Waals surface area contributed by atoms with Gasteiger partial charge in [-0.05, 0) is 29.8 Å². The average molecular weight is 279 g/mol. The molecule has 0 aromatic heterocycles. The predicted octanol–water partition coefficient (Wildman–Crippen LogP) is 4.10. The van der Waals surface area contributed by atoms with Gasteiger partial charge < -0.3 is 5.32 Å². The molecule has 0 aliphatic heterocycles. The summed E-state index contributed by atoms with van der Waals surface area (Å²) in [6, 6.07) is 10.1. The van der Waals surface area contributed by atoms with Gasteiger partial charge in [0.15, 0.2) is 0 Å². The Labute approximate surface area is 114 Å². The maximum Gasteiger partial charge on any atom is 0.128 e. The fraction of sp³-hybridized carbons (Fsp3) is 0.0714. The number of nitrogens with one attached hydrogen (secondary N) is 1. The number of hydrogen-bond acceptors (Lipinski definition) is 2. The van der Waals surface area contributed by atoms with Crippen LogP contribution in [0.4, 0.5) is 14.5 Å². The number of nitriles is 1. The molecule has 2 rings (SSSR count). The number of nitrogens with zero attached hydrogens (tertiary/aromatic N) is 1.